The van der Waals surface area contributed by atoms with Gasteiger partial charge in [0, 0.05) is 10.6 Å². The van der Waals surface area contributed by atoms with Crippen LogP contribution in [0.1, 0.15) is 10.4 Å². The molecule has 0 spiro atoms. The average Bonchev–Trinajstić information content (AvgIpc) is 2.39. The molecule has 0 amide bonds. The number of benzene rings is 2. The highest BCUT2D eigenvalue weighted by Gasteiger charge is 2.10. The molecule has 0 saturated carbocycles. The Morgan fingerprint density at radius 2 is 1.83 bits per heavy atom. The molecule has 92 valence electrons. The van der Waals surface area contributed by atoms with Crippen molar-refractivity contribution in [2.45, 2.75) is 0 Å². The van der Waals surface area contributed by atoms with Crippen molar-refractivity contribution in [2.75, 3.05) is 7.11 Å². The Bertz CT molecular complexity index is 579. The smallest absolute Gasteiger partial charge is 0.337 e. The number of hydrogen-bond acceptors (Lipinski definition) is 2. The molecule has 0 aliphatic heterocycles. The molecule has 0 fully saturated rings. The van der Waals surface area contributed by atoms with E-state index in [1.165, 1.54) is 19.2 Å². The third kappa shape index (κ3) is 2.51. The summed E-state index contributed by atoms with van der Waals surface area (Å²) in [5, 5.41) is 0.495. The third-order valence-electron chi connectivity index (χ3n) is 2.54. The zero-order valence-corrected chi connectivity index (χ0v) is 10.4. The molecular weight excluding hydrogens is 255 g/mol. The first-order valence-electron chi connectivity index (χ1n) is 5.25. The molecule has 2 aromatic rings. The second kappa shape index (κ2) is 5.19. The van der Waals surface area contributed by atoms with Crippen molar-refractivity contribution in [1.29, 1.82) is 0 Å². The molecule has 4 heteroatoms. The Morgan fingerprint density at radius 1 is 1.17 bits per heavy atom. The van der Waals surface area contributed by atoms with Gasteiger partial charge in [-0.2, -0.15) is 0 Å². The summed E-state index contributed by atoms with van der Waals surface area (Å²) >= 11 is 6.07. The second-order valence-electron chi connectivity index (χ2n) is 3.69. The number of carbonyl (C=O) groups excluding carboxylic acids is 1. The Balaban J connectivity index is 2.49. The molecule has 0 unspecified atom stereocenters. The van der Waals surface area contributed by atoms with Gasteiger partial charge in [-0.15, -0.1) is 0 Å². The molecule has 18 heavy (non-hydrogen) atoms. The summed E-state index contributed by atoms with van der Waals surface area (Å²) in [6, 6.07) is 10.7. The third-order valence-corrected chi connectivity index (χ3v) is 2.87. The van der Waals surface area contributed by atoms with Crippen LogP contribution in [0.5, 0.6) is 0 Å². The second-order valence-corrected chi connectivity index (χ2v) is 4.10. The largest absolute Gasteiger partial charge is 0.465 e. The predicted molar refractivity (Wildman–Crippen MR) is 68.2 cm³/mol. The summed E-state index contributed by atoms with van der Waals surface area (Å²) in [5.74, 6) is -0.756. The maximum Gasteiger partial charge on any atom is 0.337 e. The van der Waals surface area contributed by atoms with E-state index in [1.807, 2.05) is 0 Å². The lowest BCUT2D eigenvalue weighted by Crippen LogP contribution is -2.01. The van der Waals surface area contributed by atoms with Crippen LogP contribution < -0.4 is 0 Å². The number of ether oxygens (including phenoxy) is 1. The number of esters is 1. The molecule has 0 atom stereocenters. The van der Waals surface area contributed by atoms with E-state index in [9.17, 15) is 9.18 Å². The van der Waals surface area contributed by atoms with E-state index in [-0.39, 0.29) is 5.82 Å². The van der Waals surface area contributed by atoms with Gasteiger partial charge in [0.15, 0.2) is 0 Å². The van der Waals surface area contributed by atoms with Gasteiger partial charge in [-0.3, -0.25) is 0 Å². The van der Waals surface area contributed by atoms with Crippen molar-refractivity contribution in [2.24, 2.45) is 0 Å². The Hall–Kier alpha value is -1.87. The average molecular weight is 265 g/mol. The van der Waals surface area contributed by atoms with Crippen LogP contribution in [0.25, 0.3) is 11.1 Å². The fraction of sp³-hybridized carbons (Fsp3) is 0.0714. The number of halogens is 2. The lowest BCUT2D eigenvalue weighted by atomic mass is 10.0. The normalized spacial score (nSPS) is 10.2. The van der Waals surface area contributed by atoms with Crippen LogP contribution in [0.15, 0.2) is 42.5 Å². The first-order chi connectivity index (χ1) is 8.61. The van der Waals surface area contributed by atoms with Crippen LogP contribution in [0.3, 0.4) is 0 Å². The summed E-state index contributed by atoms with van der Waals surface area (Å²) in [7, 11) is 1.31. The molecule has 2 nitrogen and oxygen atoms in total. The van der Waals surface area contributed by atoms with Gasteiger partial charge in [0.2, 0.25) is 0 Å². The van der Waals surface area contributed by atoms with E-state index >= 15 is 0 Å². The first kappa shape index (κ1) is 12.6. The molecule has 0 aliphatic rings. The lowest BCUT2D eigenvalue weighted by Gasteiger charge is -2.07. The number of methoxy groups -OCH3 is 1. The topological polar surface area (TPSA) is 26.3 Å². The van der Waals surface area contributed by atoms with Crippen molar-refractivity contribution in [3.05, 3.63) is 58.9 Å². The highest BCUT2D eigenvalue weighted by Crippen LogP contribution is 2.29. The van der Waals surface area contributed by atoms with E-state index in [1.54, 1.807) is 30.3 Å². The zero-order chi connectivity index (χ0) is 13.1. The maximum atomic E-state index is 12.9. The van der Waals surface area contributed by atoms with Gasteiger partial charge in [-0.05, 0) is 35.9 Å². The molecule has 2 aromatic carbocycles. The van der Waals surface area contributed by atoms with E-state index < -0.39 is 5.97 Å². The molecule has 0 bridgehead atoms. The summed E-state index contributed by atoms with van der Waals surface area (Å²) in [6.45, 7) is 0. The minimum atomic E-state index is -0.435. The van der Waals surface area contributed by atoms with Gasteiger partial charge in [0.25, 0.3) is 0 Å². The highest BCUT2D eigenvalue weighted by molar-refractivity contribution is 6.33. The molecule has 2 rings (SSSR count). The predicted octanol–water partition coefficient (Wildman–Crippen LogP) is 3.93. The number of hydrogen-bond donors (Lipinski definition) is 0. The number of rotatable bonds is 2. The summed E-state index contributed by atoms with van der Waals surface area (Å²) in [6.07, 6.45) is 0. The van der Waals surface area contributed by atoms with E-state index in [2.05, 4.69) is 4.74 Å². The van der Waals surface area contributed by atoms with Crippen molar-refractivity contribution in [3.63, 3.8) is 0 Å². The van der Waals surface area contributed by atoms with Crippen LogP contribution in [-0.4, -0.2) is 13.1 Å². The Morgan fingerprint density at radius 3 is 2.44 bits per heavy atom. The van der Waals surface area contributed by atoms with Gasteiger partial charge in [-0.25, -0.2) is 9.18 Å². The van der Waals surface area contributed by atoms with Crippen LogP contribution in [-0.2, 0) is 4.74 Å². The zero-order valence-electron chi connectivity index (χ0n) is 9.61. The highest BCUT2D eigenvalue weighted by atomic mass is 35.5. The summed E-state index contributed by atoms with van der Waals surface area (Å²) < 4.78 is 17.5. The van der Waals surface area contributed by atoms with Crippen LogP contribution in [0, 0.1) is 5.82 Å². The monoisotopic (exact) mass is 264 g/mol. The van der Waals surface area contributed by atoms with Gasteiger partial charge in [-0.1, -0.05) is 23.7 Å². The standard InChI is InChI=1S/C14H10ClFO2/c1-18-14(17)10-4-7-13(15)12(8-10)9-2-5-11(16)6-3-9/h2-8H,1H3. The minimum Gasteiger partial charge on any atom is -0.465 e. The molecule has 0 N–H and O–H groups in total. The van der Waals surface area contributed by atoms with Crippen LogP contribution in [0.2, 0.25) is 5.02 Å². The van der Waals surface area contributed by atoms with Crippen LogP contribution >= 0.6 is 11.6 Å². The van der Waals surface area contributed by atoms with E-state index in [0.29, 0.717) is 16.1 Å². The molecule has 0 saturated heterocycles. The fourth-order valence-corrected chi connectivity index (χ4v) is 1.85. The minimum absolute atomic E-state index is 0.320. The molecule has 0 aliphatic carbocycles. The summed E-state index contributed by atoms with van der Waals surface area (Å²) in [5.41, 5.74) is 1.81. The van der Waals surface area contributed by atoms with Crippen molar-refractivity contribution < 1.29 is 13.9 Å². The molecular formula is C14H10ClFO2. The Kier molecular flexibility index (Phi) is 3.63. The molecule has 0 heterocycles. The van der Waals surface area contributed by atoms with Crippen molar-refractivity contribution in [3.8, 4) is 11.1 Å². The van der Waals surface area contributed by atoms with E-state index in [0.717, 1.165) is 5.56 Å². The fourth-order valence-electron chi connectivity index (χ4n) is 1.62. The van der Waals surface area contributed by atoms with Crippen LogP contribution in [0.4, 0.5) is 4.39 Å². The Labute approximate surface area is 109 Å². The summed E-state index contributed by atoms with van der Waals surface area (Å²) in [4.78, 5) is 11.4. The maximum absolute atomic E-state index is 12.9. The van der Waals surface area contributed by atoms with Gasteiger partial charge in [0.05, 0.1) is 12.7 Å². The van der Waals surface area contributed by atoms with Crippen molar-refractivity contribution in [1.82, 2.24) is 0 Å². The van der Waals surface area contributed by atoms with E-state index in [4.69, 9.17) is 11.6 Å². The van der Waals surface area contributed by atoms with Gasteiger partial charge in [0.1, 0.15) is 5.82 Å². The first-order valence-corrected chi connectivity index (χ1v) is 5.63. The number of carbonyl (C=O) groups is 1. The SMILES string of the molecule is COC(=O)c1ccc(Cl)c(-c2ccc(F)cc2)c1. The van der Waals surface area contributed by atoms with Crippen molar-refractivity contribution >= 4 is 17.6 Å². The lowest BCUT2D eigenvalue weighted by molar-refractivity contribution is 0.0601. The molecule has 0 radical (unpaired) electrons. The quantitative estimate of drug-likeness (QED) is 0.768. The van der Waals surface area contributed by atoms with Gasteiger partial charge >= 0.3 is 5.97 Å². The van der Waals surface area contributed by atoms with Gasteiger partial charge < -0.3 is 4.74 Å². The molecule has 0 aromatic heterocycles.